The van der Waals surface area contributed by atoms with E-state index in [9.17, 15) is 0 Å². The number of benzene rings is 10. The van der Waals surface area contributed by atoms with Crippen LogP contribution in [0.3, 0.4) is 0 Å². The van der Waals surface area contributed by atoms with E-state index in [0.717, 1.165) is 68.7 Å². The van der Waals surface area contributed by atoms with E-state index in [0.29, 0.717) is 17.5 Å². The molecule has 0 spiro atoms. The number of aryl methyl sites for hydroxylation is 8. The number of aromatic nitrogens is 6. The van der Waals surface area contributed by atoms with Crippen LogP contribution >= 0.6 is 0 Å². The van der Waals surface area contributed by atoms with Crippen LogP contribution in [0.4, 0.5) is 0 Å². The van der Waals surface area contributed by atoms with Crippen molar-refractivity contribution in [3.63, 3.8) is 0 Å². The van der Waals surface area contributed by atoms with Crippen molar-refractivity contribution in [3.05, 3.63) is 297 Å². The molecule has 15 rings (SSSR count). The van der Waals surface area contributed by atoms with Gasteiger partial charge in [0.1, 0.15) is 0 Å². The van der Waals surface area contributed by atoms with E-state index in [1.807, 2.05) is 48.7 Å². The molecule has 434 valence electrons. The van der Waals surface area contributed by atoms with Gasteiger partial charge >= 0.3 is 0 Å². The number of nitrogens with zero attached hydrogens (tertiary/aromatic N) is 6. The molecule has 0 amide bonds. The Balaban J connectivity index is 1.01. The van der Waals surface area contributed by atoms with E-state index in [1.54, 1.807) is 0 Å². The van der Waals surface area contributed by atoms with Gasteiger partial charge < -0.3 is 9.13 Å². The smallest absolute Gasteiger partial charge is 0.164 e. The second kappa shape index (κ2) is 22.7. The molecular weight excluding hydrogens is 1090 g/mol. The van der Waals surface area contributed by atoms with Crippen LogP contribution in [0, 0.1) is 55.4 Å². The van der Waals surface area contributed by atoms with Crippen molar-refractivity contribution in [1.82, 2.24) is 29.1 Å². The molecule has 90 heavy (non-hydrogen) atoms. The summed E-state index contributed by atoms with van der Waals surface area (Å²) in [6, 6.07) is 80.1. The molecule has 1 aliphatic carbocycles. The number of fused-ring (bicyclic) bond motifs is 6. The Morgan fingerprint density at radius 1 is 0.344 bits per heavy atom. The highest BCUT2D eigenvalue weighted by Gasteiger charge is 2.28. The monoisotopic (exact) mass is 1160 g/mol. The van der Waals surface area contributed by atoms with Crippen LogP contribution in [0.5, 0.6) is 0 Å². The third-order valence-electron chi connectivity index (χ3n) is 17.8. The van der Waals surface area contributed by atoms with Gasteiger partial charge in [0.2, 0.25) is 0 Å². The minimum atomic E-state index is 0.548. The predicted octanol–water partition coefficient (Wildman–Crippen LogP) is 21.4. The maximum Gasteiger partial charge on any atom is 0.164 e. The second-order valence-electron chi connectivity index (χ2n) is 24.9. The summed E-state index contributed by atoms with van der Waals surface area (Å²) in [6.45, 7) is 17.5. The first-order chi connectivity index (χ1) is 43.8. The van der Waals surface area contributed by atoms with E-state index in [-0.39, 0.29) is 0 Å². The summed E-state index contributed by atoms with van der Waals surface area (Å²) in [6.07, 6.45) is 10.4. The molecular formula is C84H68N6. The molecule has 6 heteroatoms. The van der Waals surface area contributed by atoms with E-state index in [4.69, 9.17) is 19.9 Å². The number of allylic oxidation sites excluding steroid dienone is 1. The van der Waals surface area contributed by atoms with Gasteiger partial charge in [0.25, 0.3) is 0 Å². The van der Waals surface area contributed by atoms with Gasteiger partial charge in [-0.15, -0.1) is 0 Å². The molecule has 0 radical (unpaired) electrons. The molecule has 0 atom stereocenters. The van der Waals surface area contributed by atoms with Crippen molar-refractivity contribution >= 4 is 56.5 Å². The fourth-order valence-electron chi connectivity index (χ4n) is 14.2. The standard InChI is InChI=1S/C84H68N6/c1-51-35-52(2)40-66(39-51)62-24-29-74-70(47-62)71-48-63(67-41-53(3)36-54(4)42-67)25-30-75(71)89(74)78-22-15-21-59(28-33-80-86-83(60-17-11-9-12-18-60)88-84(87-80)61-19-13-10-14-20-61)81(78)82-79(23-16-34-85-82)90-76-31-26-64(68-43-55(5)37-56(6)44-68)49-72(76)73-50-65(27-32-77(73)90)69-45-57(7)38-58(8)46-69/h9-26,28-31,33-50H,27,32H2,1-8H3. The minimum absolute atomic E-state index is 0.548. The summed E-state index contributed by atoms with van der Waals surface area (Å²) in [5.41, 5.74) is 32.3. The summed E-state index contributed by atoms with van der Waals surface area (Å²) in [5.74, 6) is 1.76. The molecule has 0 unspecified atom stereocenters. The Hall–Kier alpha value is -10.8. The highest BCUT2D eigenvalue weighted by Crippen LogP contribution is 2.46. The first-order valence-electron chi connectivity index (χ1n) is 31.3. The highest BCUT2D eigenvalue weighted by molar-refractivity contribution is 6.13. The zero-order valence-electron chi connectivity index (χ0n) is 52.2. The van der Waals surface area contributed by atoms with Crippen LogP contribution in [0.25, 0.3) is 135 Å². The average Bonchev–Trinajstić information content (AvgIpc) is 1.58. The zero-order chi connectivity index (χ0) is 61.3. The lowest BCUT2D eigenvalue weighted by Gasteiger charge is -2.22. The highest BCUT2D eigenvalue weighted by atomic mass is 15.0. The predicted molar refractivity (Wildman–Crippen MR) is 377 cm³/mol. The van der Waals surface area contributed by atoms with E-state index >= 15 is 0 Å². The summed E-state index contributed by atoms with van der Waals surface area (Å²) >= 11 is 0. The fraction of sp³-hybridized carbons (Fsp3) is 0.119. The summed E-state index contributed by atoms with van der Waals surface area (Å²) in [5, 5.41) is 3.56. The fourth-order valence-corrected chi connectivity index (χ4v) is 14.2. The molecule has 14 aromatic rings. The van der Waals surface area contributed by atoms with Gasteiger partial charge in [-0.05, 0) is 185 Å². The lowest BCUT2D eigenvalue weighted by Crippen LogP contribution is -2.08. The largest absolute Gasteiger partial charge is 0.311 e. The molecule has 0 bridgehead atoms. The Bertz CT molecular complexity index is 5020. The van der Waals surface area contributed by atoms with Crippen LogP contribution in [0.1, 0.15) is 79.1 Å². The molecule has 10 aromatic carbocycles. The SMILES string of the molecule is Cc1cc(C)cc(C2=Cc3c(n(-c4cccnc4-c4c(C=Cc5nc(-c6ccccc6)nc(-c6ccccc6)n5)cccc4-n4c5ccc(-c6cc(C)cc(C)c6)cc5c5cc(-c6cc(C)cc(C)c6)ccc54)c4ccc(-c5cc(C)cc(C)c5)cc34)CC2)c1. The molecule has 0 N–H and O–H groups in total. The van der Waals surface area contributed by atoms with Crippen LogP contribution in [-0.4, -0.2) is 29.1 Å². The maximum atomic E-state index is 5.60. The molecule has 4 aromatic heterocycles. The molecule has 1 aliphatic rings. The molecule has 6 nitrogen and oxygen atoms in total. The normalized spacial score (nSPS) is 12.4. The first kappa shape index (κ1) is 55.7. The molecule has 0 fully saturated rings. The van der Waals surface area contributed by atoms with Crippen molar-refractivity contribution < 1.29 is 0 Å². The van der Waals surface area contributed by atoms with Crippen molar-refractivity contribution in [1.29, 1.82) is 0 Å². The Morgan fingerprint density at radius 2 is 0.800 bits per heavy atom. The number of hydrogen-bond donors (Lipinski definition) is 0. The lowest BCUT2D eigenvalue weighted by molar-refractivity contribution is 0.895. The topological polar surface area (TPSA) is 61.4 Å². The minimum Gasteiger partial charge on any atom is -0.311 e. The van der Waals surface area contributed by atoms with Gasteiger partial charge in [0.05, 0.1) is 33.6 Å². The van der Waals surface area contributed by atoms with Gasteiger partial charge in [-0.2, -0.15) is 0 Å². The van der Waals surface area contributed by atoms with Crippen LogP contribution in [-0.2, 0) is 6.42 Å². The first-order valence-corrected chi connectivity index (χ1v) is 31.3. The van der Waals surface area contributed by atoms with Crippen LogP contribution in [0.15, 0.2) is 225 Å². The number of hydrogen-bond acceptors (Lipinski definition) is 4. The summed E-state index contributed by atoms with van der Waals surface area (Å²) < 4.78 is 5.01. The van der Waals surface area contributed by atoms with Crippen molar-refractivity contribution in [2.75, 3.05) is 0 Å². The molecule has 4 heterocycles. The van der Waals surface area contributed by atoms with Crippen LogP contribution in [0.2, 0.25) is 0 Å². The van der Waals surface area contributed by atoms with E-state index in [2.05, 4.69) is 259 Å². The quantitative estimate of drug-likeness (QED) is 0.129. The van der Waals surface area contributed by atoms with Crippen LogP contribution < -0.4 is 0 Å². The third-order valence-corrected chi connectivity index (χ3v) is 17.8. The second-order valence-corrected chi connectivity index (χ2v) is 24.9. The van der Waals surface area contributed by atoms with Gasteiger partial charge in [-0.25, -0.2) is 15.0 Å². The van der Waals surface area contributed by atoms with Crippen molar-refractivity contribution in [3.8, 4) is 78.8 Å². The van der Waals surface area contributed by atoms with E-state index in [1.165, 1.54) is 116 Å². The number of rotatable bonds is 11. The lowest BCUT2D eigenvalue weighted by atomic mass is 9.89. The maximum absolute atomic E-state index is 5.60. The molecule has 0 saturated heterocycles. The van der Waals surface area contributed by atoms with Crippen molar-refractivity contribution in [2.24, 2.45) is 0 Å². The average molecular weight is 1160 g/mol. The Labute approximate surface area is 526 Å². The number of pyridine rings is 1. The van der Waals surface area contributed by atoms with E-state index < -0.39 is 0 Å². The Kier molecular flexibility index (Phi) is 14.1. The van der Waals surface area contributed by atoms with Gasteiger partial charge in [0, 0.05) is 50.3 Å². The zero-order valence-corrected chi connectivity index (χ0v) is 52.2. The van der Waals surface area contributed by atoms with Crippen molar-refractivity contribution in [2.45, 2.75) is 68.2 Å². The molecule has 0 saturated carbocycles. The summed E-state index contributed by atoms with van der Waals surface area (Å²) in [7, 11) is 0. The summed E-state index contributed by atoms with van der Waals surface area (Å²) in [4.78, 5) is 21.0. The van der Waals surface area contributed by atoms with Gasteiger partial charge in [0.15, 0.2) is 17.5 Å². The van der Waals surface area contributed by atoms with Gasteiger partial charge in [-0.3, -0.25) is 4.98 Å². The Morgan fingerprint density at radius 3 is 1.30 bits per heavy atom. The molecule has 0 aliphatic heterocycles. The van der Waals surface area contributed by atoms with Gasteiger partial charge in [-0.1, -0.05) is 214 Å². The third kappa shape index (κ3) is 10.4.